The van der Waals surface area contributed by atoms with Crippen LogP contribution in [0.15, 0.2) is 24.1 Å². The summed E-state index contributed by atoms with van der Waals surface area (Å²) in [4.78, 5) is 12.0. The summed E-state index contributed by atoms with van der Waals surface area (Å²) in [6, 6.07) is 0. The molecule has 0 saturated carbocycles. The highest BCUT2D eigenvalue weighted by Gasteiger charge is 2.47. The van der Waals surface area contributed by atoms with Crippen molar-refractivity contribution in [1.82, 2.24) is 5.01 Å². The van der Waals surface area contributed by atoms with Crippen LogP contribution in [0.2, 0.25) is 0 Å². The number of nitrogens with zero attached hydrogens (tertiary/aromatic N) is 1. The van der Waals surface area contributed by atoms with Gasteiger partial charge in [0.05, 0.1) is 5.54 Å². The van der Waals surface area contributed by atoms with Crippen LogP contribution in [0.3, 0.4) is 0 Å². The van der Waals surface area contributed by atoms with Crippen molar-refractivity contribution >= 4 is 21.8 Å². The molecule has 0 aromatic heterocycles. The Morgan fingerprint density at radius 1 is 1.59 bits per heavy atom. The molecule has 0 bridgehead atoms. The van der Waals surface area contributed by atoms with Crippen LogP contribution < -0.4 is 5.84 Å². The molecule has 0 saturated heterocycles. The molecule has 0 heterocycles. The average Bonchev–Trinajstić information content (AvgIpc) is 2.18. The number of halogens is 3. The molecule has 1 rings (SSSR count). The van der Waals surface area contributed by atoms with Gasteiger partial charge in [-0.05, 0) is 42.8 Å². The minimum absolute atomic E-state index is 0.661. The maximum Gasteiger partial charge on any atom is 0.248 e. The lowest BCUT2D eigenvalue weighted by molar-refractivity contribution is -0.141. The first-order valence-corrected chi connectivity index (χ1v) is 5.89. The van der Waals surface area contributed by atoms with Gasteiger partial charge in [0.25, 0.3) is 0 Å². The number of carbonyl (C=O) groups excluding carboxylic acids is 1. The highest BCUT2D eigenvalue weighted by atomic mass is 79.9. The number of hydrazine groups is 1. The zero-order valence-corrected chi connectivity index (χ0v) is 11.5. The van der Waals surface area contributed by atoms with Crippen LogP contribution in [0.1, 0.15) is 20.8 Å². The van der Waals surface area contributed by atoms with Crippen LogP contribution >= 0.6 is 15.9 Å². The minimum atomic E-state index is -2.53. The van der Waals surface area contributed by atoms with Gasteiger partial charge in [-0.2, -0.15) is 0 Å². The Morgan fingerprint density at radius 3 is 2.59 bits per heavy atom. The second kappa shape index (κ2) is 4.49. The Labute approximate surface area is 107 Å². The van der Waals surface area contributed by atoms with E-state index >= 15 is 0 Å². The van der Waals surface area contributed by atoms with E-state index in [0.29, 0.717) is 0 Å². The Hall–Kier alpha value is -0.750. The molecule has 96 valence electrons. The zero-order chi connectivity index (χ0) is 13.4. The molecule has 0 aromatic carbocycles. The van der Waals surface area contributed by atoms with Crippen LogP contribution in [0, 0.1) is 5.92 Å². The van der Waals surface area contributed by atoms with Crippen molar-refractivity contribution in [1.29, 1.82) is 0 Å². The molecule has 17 heavy (non-hydrogen) atoms. The lowest BCUT2D eigenvalue weighted by atomic mass is 9.95. The summed E-state index contributed by atoms with van der Waals surface area (Å²) < 4.78 is 24.8. The second-order valence-electron chi connectivity index (χ2n) is 4.88. The summed E-state index contributed by atoms with van der Waals surface area (Å²) in [5.74, 6) is 2.58. The summed E-state index contributed by atoms with van der Waals surface area (Å²) in [6.07, 6.45) is 3.55. The standard InChI is InChI=1S/C11H15BrF2N2O/c1-10(2,3)16(15)9(17)7-5-4-6-8(13)11(7,12)14/h4-7H,15H2,1-3H3. The Balaban J connectivity index is 2.99. The van der Waals surface area contributed by atoms with Gasteiger partial charge in [-0.15, -0.1) is 0 Å². The van der Waals surface area contributed by atoms with Crippen molar-refractivity contribution in [2.24, 2.45) is 11.8 Å². The SMILES string of the molecule is CC(C)(C)N(N)C(=O)C1C=CC=C(F)C1(F)Br. The highest BCUT2D eigenvalue weighted by Crippen LogP contribution is 2.42. The quantitative estimate of drug-likeness (QED) is 0.350. The summed E-state index contributed by atoms with van der Waals surface area (Å²) >= 11 is 2.60. The fourth-order valence-electron chi connectivity index (χ4n) is 1.35. The van der Waals surface area contributed by atoms with E-state index in [4.69, 9.17) is 5.84 Å². The molecule has 6 heteroatoms. The molecule has 1 aliphatic rings. The first-order valence-electron chi connectivity index (χ1n) is 5.09. The van der Waals surface area contributed by atoms with Crippen LogP contribution in [-0.4, -0.2) is 21.0 Å². The van der Waals surface area contributed by atoms with Crippen molar-refractivity contribution in [2.45, 2.75) is 30.9 Å². The summed E-state index contributed by atoms with van der Waals surface area (Å²) in [7, 11) is 0. The van der Waals surface area contributed by atoms with E-state index < -0.39 is 27.8 Å². The maximum atomic E-state index is 14.0. The van der Waals surface area contributed by atoms with Gasteiger partial charge in [0, 0.05) is 0 Å². The topological polar surface area (TPSA) is 46.3 Å². The number of amides is 1. The third-order valence-corrected chi connectivity index (χ3v) is 3.35. The fraction of sp³-hybridized carbons (Fsp3) is 0.545. The Bertz CT molecular complexity index is 385. The molecule has 0 spiro atoms. The van der Waals surface area contributed by atoms with Crippen molar-refractivity contribution < 1.29 is 13.6 Å². The van der Waals surface area contributed by atoms with E-state index in [9.17, 15) is 13.6 Å². The number of allylic oxidation sites excluding steroid dienone is 3. The fourth-order valence-corrected chi connectivity index (χ4v) is 1.83. The van der Waals surface area contributed by atoms with Crippen LogP contribution in [-0.2, 0) is 4.79 Å². The van der Waals surface area contributed by atoms with E-state index in [0.717, 1.165) is 11.1 Å². The van der Waals surface area contributed by atoms with Gasteiger partial charge >= 0.3 is 0 Å². The molecular formula is C11H15BrF2N2O. The molecule has 2 atom stereocenters. The number of carbonyl (C=O) groups is 1. The number of hydrogen-bond acceptors (Lipinski definition) is 2. The number of alkyl halides is 2. The van der Waals surface area contributed by atoms with Gasteiger partial charge < -0.3 is 0 Å². The highest BCUT2D eigenvalue weighted by molar-refractivity contribution is 9.10. The smallest absolute Gasteiger partial charge is 0.248 e. The number of rotatable bonds is 1. The van der Waals surface area contributed by atoms with Gasteiger partial charge in [-0.25, -0.2) is 14.6 Å². The Morgan fingerprint density at radius 2 is 2.12 bits per heavy atom. The van der Waals surface area contributed by atoms with Gasteiger partial charge in [0.15, 0.2) is 0 Å². The molecule has 1 amide bonds. The molecule has 0 radical (unpaired) electrons. The summed E-state index contributed by atoms with van der Waals surface area (Å²) in [6.45, 7) is 5.12. The van der Waals surface area contributed by atoms with Crippen molar-refractivity contribution in [3.63, 3.8) is 0 Å². The van der Waals surface area contributed by atoms with E-state index in [-0.39, 0.29) is 0 Å². The number of hydrogen-bond donors (Lipinski definition) is 1. The van der Waals surface area contributed by atoms with Gasteiger partial charge in [-0.3, -0.25) is 9.80 Å². The van der Waals surface area contributed by atoms with Crippen molar-refractivity contribution in [3.8, 4) is 0 Å². The van der Waals surface area contributed by atoms with E-state index in [2.05, 4.69) is 15.9 Å². The monoisotopic (exact) mass is 308 g/mol. The minimum Gasteiger partial charge on any atom is -0.275 e. The molecule has 0 fully saturated rings. The van der Waals surface area contributed by atoms with Crippen molar-refractivity contribution in [2.75, 3.05) is 0 Å². The van der Waals surface area contributed by atoms with Crippen molar-refractivity contribution in [3.05, 3.63) is 24.1 Å². The van der Waals surface area contributed by atoms with Crippen LogP contribution in [0.25, 0.3) is 0 Å². The maximum absolute atomic E-state index is 14.0. The van der Waals surface area contributed by atoms with Gasteiger partial charge in [-0.1, -0.05) is 12.2 Å². The molecule has 0 aromatic rings. The summed E-state index contributed by atoms with van der Waals surface area (Å²) in [5.41, 5.74) is -0.661. The normalized spacial score (nSPS) is 28.9. The third-order valence-electron chi connectivity index (χ3n) is 2.48. The Kier molecular flexibility index (Phi) is 3.78. The zero-order valence-electron chi connectivity index (χ0n) is 9.88. The molecule has 2 unspecified atom stereocenters. The second-order valence-corrected chi connectivity index (χ2v) is 6.03. The van der Waals surface area contributed by atoms with Crippen LogP contribution in [0.4, 0.5) is 8.78 Å². The first-order chi connectivity index (χ1) is 7.58. The number of nitrogens with two attached hydrogens (primary N) is 1. The summed E-state index contributed by atoms with van der Waals surface area (Å²) in [5, 5.41) is 0.913. The van der Waals surface area contributed by atoms with Gasteiger partial charge in [0.1, 0.15) is 11.7 Å². The largest absolute Gasteiger partial charge is 0.275 e. The molecule has 2 N–H and O–H groups in total. The van der Waals surface area contributed by atoms with Gasteiger partial charge in [0.2, 0.25) is 10.5 Å². The molecular weight excluding hydrogens is 294 g/mol. The third kappa shape index (κ3) is 2.74. The predicted octanol–water partition coefficient (Wildman–Crippen LogP) is 2.59. The molecule has 3 nitrogen and oxygen atoms in total. The first kappa shape index (κ1) is 14.3. The predicted molar refractivity (Wildman–Crippen MR) is 65.4 cm³/mol. The molecule has 1 aliphatic carbocycles. The van der Waals surface area contributed by atoms with Crippen LogP contribution in [0.5, 0.6) is 0 Å². The lowest BCUT2D eigenvalue weighted by Gasteiger charge is -2.36. The van der Waals surface area contributed by atoms with E-state index in [1.165, 1.54) is 12.2 Å². The molecule has 0 aliphatic heterocycles. The lowest BCUT2D eigenvalue weighted by Crippen LogP contribution is -2.55. The average molecular weight is 309 g/mol. The van der Waals surface area contributed by atoms with E-state index in [1.54, 1.807) is 20.8 Å². The van der Waals surface area contributed by atoms with E-state index in [1.807, 2.05) is 0 Å².